The third-order valence-electron chi connectivity index (χ3n) is 7.83. The zero-order valence-electron chi connectivity index (χ0n) is 22.9. The summed E-state index contributed by atoms with van der Waals surface area (Å²) in [5.74, 6) is 0.242. The predicted octanol–water partition coefficient (Wildman–Crippen LogP) is 5.07. The van der Waals surface area contributed by atoms with E-state index in [9.17, 15) is 14.4 Å². The summed E-state index contributed by atoms with van der Waals surface area (Å²) in [6.45, 7) is 10.2. The largest absolute Gasteiger partial charge is 0.469 e. The van der Waals surface area contributed by atoms with Gasteiger partial charge in [0.1, 0.15) is 11.2 Å². The number of amides is 4. The third-order valence-corrected chi connectivity index (χ3v) is 7.83. The maximum Gasteiger partial charge on any atom is 0.327 e. The fourth-order valence-electron chi connectivity index (χ4n) is 5.28. The lowest BCUT2D eigenvalue weighted by Gasteiger charge is -2.53. The standard InChI is InChI=1S/C30H39N3O5/c1-5-8-25(22-11-9-21(4)10-12-22)31-29(36)33-27(35)30(6-2,7-3)28(33)38-24-15-13-23(14-16-24)26(34)32-17-19-37-20-18-32/h9-16,25,28H,5-8,17-20H2,1-4H3,(H,31,36)/t25-,28+/m1/s1. The second-order valence-corrected chi connectivity index (χ2v) is 10.1. The first-order chi connectivity index (χ1) is 18.3. The quantitative estimate of drug-likeness (QED) is 0.466. The van der Waals surface area contributed by atoms with E-state index in [4.69, 9.17) is 9.47 Å². The summed E-state index contributed by atoms with van der Waals surface area (Å²) in [5, 5.41) is 3.07. The van der Waals surface area contributed by atoms with Gasteiger partial charge in [0.05, 0.1) is 19.3 Å². The highest BCUT2D eigenvalue weighted by Crippen LogP contribution is 2.46. The van der Waals surface area contributed by atoms with Crippen LogP contribution < -0.4 is 10.1 Å². The van der Waals surface area contributed by atoms with Crippen molar-refractivity contribution in [3.05, 3.63) is 65.2 Å². The van der Waals surface area contributed by atoms with Crippen molar-refractivity contribution in [2.24, 2.45) is 5.41 Å². The Morgan fingerprint density at radius 2 is 1.66 bits per heavy atom. The highest BCUT2D eigenvalue weighted by atomic mass is 16.5. The Morgan fingerprint density at radius 3 is 2.24 bits per heavy atom. The molecule has 4 rings (SSSR count). The van der Waals surface area contributed by atoms with Crippen LogP contribution >= 0.6 is 0 Å². The third kappa shape index (κ3) is 5.41. The normalized spacial score (nSPS) is 19.5. The topological polar surface area (TPSA) is 88.2 Å². The zero-order valence-corrected chi connectivity index (χ0v) is 22.9. The van der Waals surface area contributed by atoms with Crippen LogP contribution in [0.4, 0.5) is 4.79 Å². The fourth-order valence-corrected chi connectivity index (χ4v) is 5.28. The molecular weight excluding hydrogens is 482 g/mol. The molecule has 1 N–H and O–H groups in total. The Hall–Kier alpha value is -3.39. The first kappa shape index (κ1) is 27.6. The number of likely N-dealkylation sites (tertiary alicyclic amines) is 1. The van der Waals surface area contributed by atoms with Gasteiger partial charge < -0.3 is 19.7 Å². The van der Waals surface area contributed by atoms with Crippen LogP contribution in [0.1, 0.15) is 74.0 Å². The molecule has 4 amide bonds. The van der Waals surface area contributed by atoms with E-state index in [-0.39, 0.29) is 17.9 Å². The SMILES string of the molecule is CCC[C@@H](NC(=O)N1C(=O)C(CC)(CC)[C@@H]1Oc1ccc(C(=O)N2CCOCC2)cc1)c1ccc(C)cc1. The van der Waals surface area contributed by atoms with Crippen molar-refractivity contribution in [3.8, 4) is 5.75 Å². The number of imide groups is 1. The van der Waals surface area contributed by atoms with Gasteiger partial charge in [0.25, 0.3) is 5.91 Å². The van der Waals surface area contributed by atoms with Crippen LogP contribution in [0.2, 0.25) is 0 Å². The van der Waals surface area contributed by atoms with Crippen LogP contribution in [0.15, 0.2) is 48.5 Å². The van der Waals surface area contributed by atoms with Crippen molar-refractivity contribution in [3.63, 3.8) is 0 Å². The second kappa shape index (κ2) is 12.0. The van der Waals surface area contributed by atoms with E-state index in [0.717, 1.165) is 24.0 Å². The number of urea groups is 1. The number of carbonyl (C=O) groups excluding carboxylic acids is 3. The van der Waals surface area contributed by atoms with Gasteiger partial charge in [-0.2, -0.15) is 0 Å². The molecule has 0 bridgehead atoms. The number of nitrogens with one attached hydrogen (secondary N) is 1. The van der Waals surface area contributed by atoms with Gasteiger partial charge in [-0.1, -0.05) is 57.0 Å². The van der Waals surface area contributed by atoms with Gasteiger partial charge in [0.15, 0.2) is 6.23 Å². The average molecular weight is 522 g/mol. The summed E-state index contributed by atoms with van der Waals surface area (Å²) in [4.78, 5) is 42.6. The number of carbonyl (C=O) groups is 3. The minimum atomic E-state index is -0.774. The molecule has 0 aromatic heterocycles. The fraction of sp³-hybridized carbons (Fsp3) is 0.500. The molecule has 2 heterocycles. The van der Waals surface area contributed by atoms with E-state index in [1.807, 2.05) is 45.0 Å². The Morgan fingerprint density at radius 1 is 1.03 bits per heavy atom. The number of aryl methyl sites for hydroxylation is 1. The molecule has 8 heteroatoms. The van der Waals surface area contributed by atoms with Crippen LogP contribution in [0.5, 0.6) is 5.75 Å². The molecular formula is C30H39N3O5. The molecule has 2 saturated heterocycles. The van der Waals surface area contributed by atoms with Gasteiger partial charge >= 0.3 is 6.03 Å². The maximum atomic E-state index is 13.5. The summed E-state index contributed by atoms with van der Waals surface area (Å²) in [5.41, 5.74) is 1.95. The molecule has 2 aromatic carbocycles. The molecule has 38 heavy (non-hydrogen) atoms. The summed E-state index contributed by atoms with van der Waals surface area (Å²) in [6, 6.07) is 14.4. The van der Waals surface area contributed by atoms with E-state index >= 15 is 0 Å². The number of morpholine rings is 1. The molecule has 0 unspecified atom stereocenters. The van der Waals surface area contributed by atoms with Crippen LogP contribution in [-0.4, -0.2) is 60.2 Å². The summed E-state index contributed by atoms with van der Waals surface area (Å²) < 4.78 is 11.6. The van der Waals surface area contributed by atoms with Gasteiger partial charge in [-0.05, 0) is 56.0 Å². The van der Waals surface area contributed by atoms with Gasteiger partial charge in [-0.15, -0.1) is 0 Å². The highest BCUT2D eigenvalue weighted by molar-refractivity contribution is 6.03. The van der Waals surface area contributed by atoms with E-state index in [1.165, 1.54) is 4.90 Å². The molecule has 8 nitrogen and oxygen atoms in total. The van der Waals surface area contributed by atoms with Gasteiger partial charge in [0.2, 0.25) is 5.91 Å². The van der Waals surface area contributed by atoms with Crippen molar-refractivity contribution < 1.29 is 23.9 Å². The Labute approximate surface area is 225 Å². The van der Waals surface area contributed by atoms with Crippen molar-refractivity contribution in [2.45, 2.75) is 65.6 Å². The number of hydrogen-bond acceptors (Lipinski definition) is 5. The Balaban J connectivity index is 1.50. The smallest absolute Gasteiger partial charge is 0.327 e. The van der Waals surface area contributed by atoms with Crippen molar-refractivity contribution in [1.82, 2.24) is 15.1 Å². The van der Waals surface area contributed by atoms with Gasteiger partial charge in [0, 0.05) is 18.7 Å². The number of ether oxygens (including phenoxy) is 2. The van der Waals surface area contributed by atoms with Crippen LogP contribution in [0.3, 0.4) is 0 Å². The molecule has 2 aliphatic heterocycles. The van der Waals surface area contributed by atoms with E-state index < -0.39 is 17.7 Å². The average Bonchev–Trinajstić information content (AvgIpc) is 2.94. The number of hydrogen-bond donors (Lipinski definition) is 1. The lowest BCUT2D eigenvalue weighted by Crippen LogP contribution is -2.73. The van der Waals surface area contributed by atoms with Crippen LogP contribution in [0.25, 0.3) is 0 Å². The van der Waals surface area contributed by atoms with Gasteiger partial charge in [-0.25, -0.2) is 9.69 Å². The second-order valence-electron chi connectivity index (χ2n) is 10.1. The summed E-state index contributed by atoms with van der Waals surface area (Å²) in [7, 11) is 0. The monoisotopic (exact) mass is 521 g/mol. The zero-order chi connectivity index (χ0) is 27.3. The molecule has 2 atom stereocenters. The lowest BCUT2D eigenvalue weighted by atomic mass is 9.72. The summed E-state index contributed by atoms with van der Waals surface area (Å²) in [6.07, 6.45) is 2.02. The molecule has 2 fully saturated rings. The first-order valence-corrected chi connectivity index (χ1v) is 13.7. The first-order valence-electron chi connectivity index (χ1n) is 13.7. The van der Waals surface area contributed by atoms with Gasteiger partial charge in [-0.3, -0.25) is 9.59 Å². The molecule has 0 saturated carbocycles. The van der Waals surface area contributed by atoms with E-state index in [1.54, 1.807) is 29.2 Å². The minimum Gasteiger partial charge on any atom is -0.469 e. The molecule has 2 aliphatic rings. The predicted molar refractivity (Wildman–Crippen MR) is 145 cm³/mol. The number of β-lactam (4-membered cyclic amide) rings is 1. The number of nitrogens with zero attached hydrogens (tertiary/aromatic N) is 2. The number of benzene rings is 2. The lowest BCUT2D eigenvalue weighted by molar-refractivity contribution is -0.191. The van der Waals surface area contributed by atoms with Crippen LogP contribution in [-0.2, 0) is 9.53 Å². The summed E-state index contributed by atoms with van der Waals surface area (Å²) >= 11 is 0. The van der Waals surface area contributed by atoms with Crippen molar-refractivity contribution in [2.75, 3.05) is 26.3 Å². The maximum absolute atomic E-state index is 13.5. The van der Waals surface area contributed by atoms with Crippen molar-refractivity contribution in [1.29, 1.82) is 0 Å². The Kier molecular flexibility index (Phi) is 8.72. The minimum absolute atomic E-state index is 0.0470. The van der Waals surface area contributed by atoms with E-state index in [0.29, 0.717) is 50.5 Å². The Bertz CT molecular complexity index is 1120. The molecule has 0 spiro atoms. The molecule has 2 aromatic rings. The molecule has 204 valence electrons. The van der Waals surface area contributed by atoms with Crippen LogP contribution in [0, 0.1) is 12.3 Å². The molecule has 0 aliphatic carbocycles. The highest BCUT2D eigenvalue weighted by Gasteiger charge is 2.63. The molecule has 0 radical (unpaired) electrons. The van der Waals surface area contributed by atoms with Crippen molar-refractivity contribution >= 4 is 17.8 Å². The number of rotatable bonds is 9. The van der Waals surface area contributed by atoms with E-state index in [2.05, 4.69) is 12.2 Å².